The molecule has 10 aromatic heterocycles. The van der Waals surface area contributed by atoms with Gasteiger partial charge in [-0.3, -0.25) is 29.5 Å². The van der Waals surface area contributed by atoms with Crippen LogP contribution in [0, 0.1) is 0 Å². The van der Waals surface area contributed by atoms with Crippen molar-refractivity contribution in [2.45, 2.75) is 18.5 Å². The van der Waals surface area contributed by atoms with Crippen LogP contribution < -0.4 is 9.47 Å². The molecule has 0 bridgehead atoms. The summed E-state index contributed by atoms with van der Waals surface area (Å²) in [5.41, 5.74) is 4.99. The predicted molar refractivity (Wildman–Crippen MR) is 265 cm³/mol. The highest BCUT2D eigenvalue weighted by molar-refractivity contribution is 9.10. The number of H-pyrrole nitrogens is 1. The summed E-state index contributed by atoms with van der Waals surface area (Å²) < 4.78 is 14.7. The number of nitrogens with one attached hydrogen (secondary N) is 1. The monoisotopic (exact) mass is 1110 g/mol. The Kier molecular flexibility index (Phi) is 20.5. The van der Waals surface area contributed by atoms with E-state index in [2.05, 4.69) is 92.6 Å². The Morgan fingerprint density at radius 2 is 1.11 bits per heavy atom. The van der Waals surface area contributed by atoms with E-state index in [1.807, 2.05) is 132 Å². The van der Waals surface area contributed by atoms with Gasteiger partial charge in [0.2, 0.25) is 0 Å². The fraction of sp³-hybridized carbons (Fsp3) is 0.0638. The van der Waals surface area contributed by atoms with E-state index in [0.717, 1.165) is 59.6 Å². The van der Waals surface area contributed by atoms with Crippen LogP contribution in [0.5, 0.6) is 17.2 Å². The van der Waals surface area contributed by atoms with E-state index in [-0.39, 0.29) is 22.7 Å². The van der Waals surface area contributed by atoms with Gasteiger partial charge in [0.05, 0.1) is 59.1 Å². The zero-order valence-corrected chi connectivity index (χ0v) is 40.3. The number of aromatic nitrogens is 10. The number of ether oxygens (including phenoxy) is 2. The Hall–Kier alpha value is -6.40. The van der Waals surface area contributed by atoms with Gasteiger partial charge < -0.3 is 19.6 Å². The maximum Gasteiger partial charge on any atom is 0.138 e. The van der Waals surface area contributed by atoms with Crippen LogP contribution >= 0.6 is 64.8 Å². The molecule has 64 heavy (non-hydrogen) atoms. The lowest BCUT2D eigenvalue weighted by Gasteiger charge is -2.07. The lowest BCUT2D eigenvalue weighted by Crippen LogP contribution is -1.99. The second kappa shape index (κ2) is 26.9. The molecule has 2 N–H and O–H groups in total. The van der Waals surface area contributed by atoms with Crippen LogP contribution in [0.2, 0.25) is 0 Å². The number of pyridine rings is 8. The van der Waals surface area contributed by atoms with Crippen molar-refractivity contribution in [3.8, 4) is 23.1 Å². The zero-order valence-electron chi connectivity index (χ0n) is 33.8. The topological polar surface area (TPSA) is 163 Å². The Balaban J connectivity index is 0.000000162. The van der Waals surface area contributed by atoms with Gasteiger partial charge in [-0.05, 0) is 129 Å². The van der Waals surface area contributed by atoms with Crippen LogP contribution in [-0.2, 0) is 18.5 Å². The number of aromatic hydroxyl groups is 1. The highest BCUT2D eigenvalue weighted by Crippen LogP contribution is 2.20. The first-order chi connectivity index (χ1) is 30.9. The molecule has 0 saturated heterocycles. The number of fused-ring (bicyclic) bond motifs is 2. The summed E-state index contributed by atoms with van der Waals surface area (Å²) in [5, 5.41) is 11.9. The molecular weight excluding hydrogens is 1070 g/mol. The van der Waals surface area contributed by atoms with Crippen molar-refractivity contribution in [3.05, 3.63) is 216 Å². The molecule has 0 aliphatic heterocycles. The smallest absolute Gasteiger partial charge is 0.138 e. The van der Waals surface area contributed by atoms with Crippen LogP contribution in [-0.4, -0.2) is 54.5 Å². The summed E-state index contributed by atoms with van der Waals surface area (Å²) in [6, 6.07) is 36.2. The summed E-state index contributed by atoms with van der Waals surface area (Å²) >= 11 is 9.68. The molecule has 0 atom stereocenters. The SMILES string of the molecule is Br.BrCc1ccccn1.Brc1ccc(OCc2ccccn2)cn1.Oc1ccc(Br)nc1.c1cc2cc[nH]c2cn1.c1ccc(COc2ccc(-n3ccc4ccncc43)nc2)nc1. The maximum absolute atomic E-state index is 8.67. The van der Waals surface area contributed by atoms with E-state index < -0.39 is 0 Å². The molecule has 0 fully saturated rings. The summed E-state index contributed by atoms with van der Waals surface area (Å²) in [5.74, 6) is 2.48. The quantitative estimate of drug-likeness (QED) is 0.110. The van der Waals surface area contributed by atoms with Gasteiger partial charge in [-0.15, -0.1) is 17.0 Å². The van der Waals surface area contributed by atoms with E-state index in [4.69, 9.17) is 14.6 Å². The van der Waals surface area contributed by atoms with Crippen molar-refractivity contribution >= 4 is 86.6 Å². The fourth-order valence-electron chi connectivity index (χ4n) is 5.24. The highest BCUT2D eigenvalue weighted by Gasteiger charge is 2.05. The Bertz CT molecular complexity index is 2760. The van der Waals surface area contributed by atoms with E-state index in [0.29, 0.717) is 19.0 Å². The third-order valence-corrected chi connectivity index (χ3v) is 9.83. The summed E-state index contributed by atoms with van der Waals surface area (Å²) in [6.45, 7) is 0.891. The third kappa shape index (κ3) is 16.4. The summed E-state index contributed by atoms with van der Waals surface area (Å²) in [7, 11) is 0. The molecule has 0 amide bonds. The van der Waals surface area contributed by atoms with Gasteiger partial charge in [0.1, 0.15) is 45.5 Å². The van der Waals surface area contributed by atoms with Crippen molar-refractivity contribution in [1.82, 2.24) is 49.4 Å². The molecular formula is C47H40Br4N10O3. The maximum atomic E-state index is 8.67. The fourth-order valence-corrected chi connectivity index (χ4v) is 6.04. The van der Waals surface area contributed by atoms with Gasteiger partial charge in [0.25, 0.3) is 0 Å². The minimum Gasteiger partial charge on any atom is -0.506 e. The van der Waals surface area contributed by atoms with Gasteiger partial charge in [-0.1, -0.05) is 34.1 Å². The summed E-state index contributed by atoms with van der Waals surface area (Å²) in [4.78, 5) is 35.9. The zero-order chi connectivity index (χ0) is 43.9. The molecule has 13 nitrogen and oxygen atoms in total. The van der Waals surface area contributed by atoms with E-state index in [9.17, 15) is 0 Å². The van der Waals surface area contributed by atoms with Crippen LogP contribution in [0.1, 0.15) is 17.1 Å². The molecule has 0 spiro atoms. The van der Waals surface area contributed by atoms with Crippen molar-refractivity contribution in [2.75, 3.05) is 0 Å². The van der Waals surface area contributed by atoms with Gasteiger partial charge in [0, 0.05) is 59.5 Å². The van der Waals surface area contributed by atoms with E-state index >= 15 is 0 Å². The van der Waals surface area contributed by atoms with Crippen LogP contribution in [0.15, 0.2) is 199 Å². The Labute approximate surface area is 405 Å². The molecule has 0 saturated carbocycles. The number of halogens is 4. The van der Waals surface area contributed by atoms with E-state index in [1.54, 1.807) is 55.5 Å². The first kappa shape index (κ1) is 48.6. The molecule has 0 unspecified atom stereocenters. The minimum atomic E-state index is 0. The summed E-state index contributed by atoms with van der Waals surface area (Å²) in [6.07, 6.45) is 21.2. The first-order valence-electron chi connectivity index (χ1n) is 19.1. The van der Waals surface area contributed by atoms with Gasteiger partial charge in [-0.25, -0.2) is 15.0 Å². The number of alkyl halides is 1. The number of rotatable bonds is 8. The normalized spacial score (nSPS) is 9.92. The molecule has 0 radical (unpaired) electrons. The molecule has 17 heteroatoms. The highest BCUT2D eigenvalue weighted by atomic mass is 79.9. The largest absolute Gasteiger partial charge is 0.506 e. The average Bonchev–Trinajstić information content (AvgIpc) is 4.02. The van der Waals surface area contributed by atoms with E-state index in [1.165, 1.54) is 11.6 Å². The molecule has 0 aliphatic rings. The molecule has 0 aliphatic carbocycles. The van der Waals surface area contributed by atoms with Crippen molar-refractivity contribution in [2.24, 2.45) is 0 Å². The molecule has 324 valence electrons. The van der Waals surface area contributed by atoms with Crippen molar-refractivity contribution in [1.29, 1.82) is 0 Å². The third-order valence-electron chi connectivity index (χ3n) is 8.32. The second-order valence-corrected chi connectivity index (χ2v) is 14.9. The Morgan fingerprint density at radius 1 is 0.531 bits per heavy atom. The van der Waals surface area contributed by atoms with Gasteiger partial charge >= 0.3 is 0 Å². The predicted octanol–water partition coefficient (Wildman–Crippen LogP) is 11.9. The molecule has 0 aromatic carbocycles. The van der Waals surface area contributed by atoms with Crippen LogP contribution in [0.3, 0.4) is 0 Å². The van der Waals surface area contributed by atoms with Gasteiger partial charge in [0.15, 0.2) is 0 Å². The number of aromatic amines is 1. The van der Waals surface area contributed by atoms with Crippen molar-refractivity contribution < 1.29 is 14.6 Å². The lowest BCUT2D eigenvalue weighted by molar-refractivity contribution is 0.300. The first-order valence-corrected chi connectivity index (χ1v) is 21.8. The number of nitrogens with zero attached hydrogens (tertiary/aromatic N) is 9. The number of hydrogen-bond acceptors (Lipinski definition) is 11. The molecule has 10 aromatic rings. The molecule has 10 rings (SSSR count). The number of hydrogen-bond donors (Lipinski definition) is 2. The van der Waals surface area contributed by atoms with Crippen LogP contribution in [0.4, 0.5) is 0 Å². The standard InChI is InChI=1S/C18H14N4O.C11H9BrN2O.C7H6N2.C6H6BrN.C5H4BrNO.BrH/c1-2-8-20-15(3-1)13-23-16-4-5-18(21-11-16)22-10-7-14-6-9-19-12-17(14)22;12-11-5-4-10(7-14-11)15-8-9-3-1-2-6-13-9;1-3-8-5-7-6(1)2-4-9-7;7-5-6-3-1-2-4-8-6;6-5-2-1-4(8)3-7-5;/h1-12H,13H2;1-7H,8H2;1-5,9H;1-4H,5H2;1-3,8H;1H. The van der Waals surface area contributed by atoms with Gasteiger partial charge in [-0.2, -0.15) is 0 Å². The second-order valence-electron chi connectivity index (χ2n) is 12.7. The van der Waals surface area contributed by atoms with Crippen molar-refractivity contribution in [3.63, 3.8) is 0 Å². The Morgan fingerprint density at radius 3 is 1.61 bits per heavy atom. The molecule has 10 heterocycles. The van der Waals surface area contributed by atoms with Crippen LogP contribution in [0.25, 0.3) is 27.6 Å². The average molecular weight is 1110 g/mol. The minimum absolute atomic E-state index is 0. The lowest BCUT2D eigenvalue weighted by atomic mass is 10.3.